The highest BCUT2D eigenvalue weighted by Crippen LogP contribution is 2.23. The van der Waals surface area contributed by atoms with Gasteiger partial charge in [-0.25, -0.2) is 0 Å². The minimum atomic E-state index is 0.476. The molecule has 0 atom stereocenters. The molecule has 0 aliphatic carbocycles. The standard InChI is InChI=1S/C13H17N3/c1-9(2)13-6-5-11(7-14-13)12-8-15-16(4)10(12)3/h5-9H,1-4H3. The van der Waals surface area contributed by atoms with Crippen molar-refractivity contribution >= 4 is 0 Å². The molecule has 0 aliphatic heterocycles. The van der Waals surface area contributed by atoms with Gasteiger partial charge in [-0.2, -0.15) is 5.10 Å². The fraction of sp³-hybridized carbons (Fsp3) is 0.385. The fourth-order valence-corrected chi connectivity index (χ4v) is 1.69. The van der Waals surface area contributed by atoms with Crippen LogP contribution in [0.15, 0.2) is 24.5 Å². The maximum atomic E-state index is 4.47. The number of hydrogen-bond donors (Lipinski definition) is 0. The molecule has 2 aromatic heterocycles. The molecule has 0 amide bonds. The molecule has 0 aromatic carbocycles. The topological polar surface area (TPSA) is 30.7 Å². The molecule has 0 spiro atoms. The van der Waals surface area contributed by atoms with Crippen molar-refractivity contribution in [2.45, 2.75) is 26.7 Å². The van der Waals surface area contributed by atoms with Gasteiger partial charge >= 0.3 is 0 Å². The summed E-state index contributed by atoms with van der Waals surface area (Å²) < 4.78 is 1.88. The van der Waals surface area contributed by atoms with Crippen LogP contribution in [-0.2, 0) is 7.05 Å². The van der Waals surface area contributed by atoms with Crippen molar-refractivity contribution in [3.8, 4) is 11.1 Å². The predicted octanol–water partition coefficient (Wildman–Crippen LogP) is 2.91. The summed E-state index contributed by atoms with van der Waals surface area (Å²) in [6.07, 6.45) is 3.82. The zero-order valence-corrected chi connectivity index (χ0v) is 10.2. The Bertz CT molecular complexity index is 480. The lowest BCUT2D eigenvalue weighted by Gasteiger charge is -2.05. The van der Waals surface area contributed by atoms with Crippen molar-refractivity contribution in [2.75, 3.05) is 0 Å². The Kier molecular flexibility index (Phi) is 2.77. The van der Waals surface area contributed by atoms with Crippen molar-refractivity contribution in [3.63, 3.8) is 0 Å². The molecular formula is C13H17N3. The van der Waals surface area contributed by atoms with Gasteiger partial charge in [-0.15, -0.1) is 0 Å². The molecule has 0 unspecified atom stereocenters. The van der Waals surface area contributed by atoms with Crippen LogP contribution in [0.5, 0.6) is 0 Å². The van der Waals surface area contributed by atoms with Crippen molar-refractivity contribution in [1.82, 2.24) is 14.8 Å². The van der Waals surface area contributed by atoms with E-state index in [9.17, 15) is 0 Å². The van der Waals surface area contributed by atoms with E-state index in [1.807, 2.05) is 24.1 Å². The lowest BCUT2D eigenvalue weighted by molar-refractivity contribution is 0.740. The van der Waals surface area contributed by atoms with E-state index in [1.165, 1.54) is 5.69 Å². The first-order valence-corrected chi connectivity index (χ1v) is 5.54. The third-order valence-electron chi connectivity index (χ3n) is 2.92. The lowest BCUT2D eigenvalue weighted by Crippen LogP contribution is -1.94. The average molecular weight is 215 g/mol. The monoisotopic (exact) mass is 215 g/mol. The number of rotatable bonds is 2. The van der Waals surface area contributed by atoms with E-state index in [0.29, 0.717) is 5.92 Å². The van der Waals surface area contributed by atoms with Gasteiger partial charge in [0, 0.05) is 35.8 Å². The molecule has 0 aliphatic rings. The van der Waals surface area contributed by atoms with Crippen LogP contribution in [0.4, 0.5) is 0 Å². The zero-order chi connectivity index (χ0) is 11.7. The van der Waals surface area contributed by atoms with Crippen LogP contribution in [0.3, 0.4) is 0 Å². The van der Waals surface area contributed by atoms with Gasteiger partial charge in [0.2, 0.25) is 0 Å². The Morgan fingerprint density at radius 2 is 1.94 bits per heavy atom. The molecule has 0 radical (unpaired) electrons. The summed E-state index contributed by atoms with van der Waals surface area (Å²) >= 11 is 0. The van der Waals surface area contributed by atoms with E-state index < -0.39 is 0 Å². The van der Waals surface area contributed by atoms with E-state index in [4.69, 9.17) is 0 Å². The van der Waals surface area contributed by atoms with E-state index in [1.54, 1.807) is 0 Å². The largest absolute Gasteiger partial charge is 0.272 e. The van der Waals surface area contributed by atoms with Crippen LogP contribution >= 0.6 is 0 Å². The van der Waals surface area contributed by atoms with Crippen LogP contribution < -0.4 is 0 Å². The van der Waals surface area contributed by atoms with E-state index >= 15 is 0 Å². The molecular weight excluding hydrogens is 198 g/mol. The number of nitrogens with zero attached hydrogens (tertiary/aromatic N) is 3. The summed E-state index contributed by atoms with van der Waals surface area (Å²) in [5, 5.41) is 4.24. The highest BCUT2D eigenvalue weighted by Gasteiger charge is 2.07. The highest BCUT2D eigenvalue weighted by atomic mass is 15.3. The average Bonchev–Trinajstić information content (AvgIpc) is 2.60. The summed E-state index contributed by atoms with van der Waals surface area (Å²) in [6, 6.07) is 4.21. The second-order valence-electron chi connectivity index (χ2n) is 4.39. The van der Waals surface area contributed by atoms with Crippen molar-refractivity contribution < 1.29 is 0 Å². The molecule has 0 fully saturated rings. The molecule has 84 valence electrons. The first kappa shape index (κ1) is 10.9. The molecule has 0 saturated heterocycles. The van der Waals surface area contributed by atoms with Gasteiger partial charge in [-0.3, -0.25) is 9.67 Å². The summed E-state index contributed by atoms with van der Waals surface area (Å²) in [6.45, 7) is 6.37. The van der Waals surface area contributed by atoms with Crippen LogP contribution in [0, 0.1) is 6.92 Å². The minimum absolute atomic E-state index is 0.476. The SMILES string of the molecule is Cc1c(-c2ccc(C(C)C)nc2)cnn1C. The van der Waals surface area contributed by atoms with E-state index in [-0.39, 0.29) is 0 Å². The van der Waals surface area contributed by atoms with Crippen molar-refractivity contribution in [3.05, 3.63) is 35.9 Å². The summed E-state index contributed by atoms with van der Waals surface area (Å²) in [5.41, 5.74) is 4.59. The van der Waals surface area contributed by atoms with Crippen LogP contribution in [0.1, 0.15) is 31.2 Å². The highest BCUT2D eigenvalue weighted by molar-refractivity contribution is 5.64. The van der Waals surface area contributed by atoms with Crippen LogP contribution in [0.25, 0.3) is 11.1 Å². The van der Waals surface area contributed by atoms with Crippen molar-refractivity contribution in [2.24, 2.45) is 7.05 Å². The fourth-order valence-electron chi connectivity index (χ4n) is 1.69. The third-order valence-corrected chi connectivity index (χ3v) is 2.92. The van der Waals surface area contributed by atoms with Crippen molar-refractivity contribution in [1.29, 1.82) is 0 Å². The van der Waals surface area contributed by atoms with Gasteiger partial charge in [0.05, 0.1) is 6.20 Å². The van der Waals surface area contributed by atoms with Gasteiger partial charge in [-0.1, -0.05) is 19.9 Å². The Morgan fingerprint density at radius 1 is 1.19 bits per heavy atom. The van der Waals surface area contributed by atoms with Gasteiger partial charge in [0.15, 0.2) is 0 Å². The van der Waals surface area contributed by atoms with Gasteiger partial charge in [0.25, 0.3) is 0 Å². The lowest BCUT2D eigenvalue weighted by atomic mass is 10.1. The number of aryl methyl sites for hydroxylation is 1. The van der Waals surface area contributed by atoms with Gasteiger partial charge in [0.1, 0.15) is 0 Å². The van der Waals surface area contributed by atoms with Crippen LogP contribution in [0.2, 0.25) is 0 Å². The number of aromatic nitrogens is 3. The number of hydrogen-bond acceptors (Lipinski definition) is 2. The van der Waals surface area contributed by atoms with Crippen LogP contribution in [-0.4, -0.2) is 14.8 Å². The molecule has 0 N–H and O–H groups in total. The maximum Gasteiger partial charge on any atom is 0.0571 e. The smallest absolute Gasteiger partial charge is 0.0571 e. The van der Waals surface area contributed by atoms with E-state index in [2.05, 4.69) is 43.0 Å². The Hall–Kier alpha value is -1.64. The Labute approximate surface area is 96.1 Å². The first-order chi connectivity index (χ1) is 7.59. The summed E-state index contributed by atoms with van der Waals surface area (Å²) in [5.74, 6) is 0.476. The Balaban J connectivity index is 2.38. The number of pyridine rings is 1. The summed E-state index contributed by atoms with van der Waals surface area (Å²) in [7, 11) is 1.95. The normalized spacial score (nSPS) is 11.1. The third kappa shape index (κ3) is 1.85. The second kappa shape index (κ2) is 4.08. The quantitative estimate of drug-likeness (QED) is 0.771. The molecule has 3 heteroatoms. The summed E-state index contributed by atoms with van der Waals surface area (Å²) in [4.78, 5) is 4.47. The minimum Gasteiger partial charge on any atom is -0.272 e. The zero-order valence-electron chi connectivity index (χ0n) is 10.2. The second-order valence-corrected chi connectivity index (χ2v) is 4.39. The van der Waals surface area contributed by atoms with E-state index in [0.717, 1.165) is 16.8 Å². The molecule has 0 saturated carbocycles. The Morgan fingerprint density at radius 3 is 2.38 bits per heavy atom. The molecule has 2 rings (SSSR count). The predicted molar refractivity (Wildman–Crippen MR) is 65.3 cm³/mol. The molecule has 3 nitrogen and oxygen atoms in total. The molecule has 16 heavy (non-hydrogen) atoms. The molecule has 2 heterocycles. The van der Waals surface area contributed by atoms with Gasteiger partial charge in [-0.05, 0) is 18.9 Å². The van der Waals surface area contributed by atoms with Gasteiger partial charge < -0.3 is 0 Å². The maximum absolute atomic E-state index is 4.47. The first-order valence-electron chi connectivity index (χ1n) is 5.54. The molecule has 2 aromatic rings. The molecule has 0 bridgehead atoms.